The van der Waals surface area contributed by atoms with Gasteiger partial charge in [-0.25, -0.2) is 8.42 Å². The van der Waals surface area contributed by atoms with Gasteiger partial charge < -0.3 is 4.74 Å². The molecule has 0 aliphatic carbocycles. The van der Waals surface area contributed by atoms with Crippen molar-refractivity contribution >= 4 is 50.1 Å². The first-order valence-corrected chi connectivity index (χ1v) is 11.8. The zero-order chi connectivity index (χ0) is 19.7. The molecule has 1 amide bonds. The number of rotatable bonds is 4. The highest BCUT2D eigenvalue weighted by Gasteiger charge is 2.42. The molecule has 2 aliphatic heterocycles. The van der Waals surface area contributed by atoms with Crippen LogP contribution in [0.3, 0.4) is 0 Å². The van der Waals surface area contributed by atoms with Crippen LogP contribution in [0, 0.1) is 0 Å². The van der Waals surface area contributed by atoms with Crippen LogP contribution < -0.4 is 4.74 Å². The van der Waals surface area contributed by atoms with Crippen LogP contribution >= 0.6 is 24.0 Å². The lowest BCUT2D eigenvalue weighted by Gasteiger charge is -2.20. The largest absolute Gasteiger partial charge is 0.457 e. The fourth-order valence-corrected chi connectivity index (χ4v) is 6.32. The molecule has 1 atom stereocenters. The van der Waals surface area contributed by atoms with Gasteiger partial charge in [0.15, 0.2) is 9.84 Å². The zero-order valence-electron chi connectivity index (χ0n) is 14.8. The van der Waals surface area contributed by atoms with E-state index >= 15 is 0 Å². The fourth-order valence-electron chi connectivity index (χ4n) is 3.22. The second kappa shape index (κ2) is 7.69. The molecule has 0 saturated carbocycles. The van der Waals surface area contributed by atoms with Crippen molar-refractivity contribution in [3.05, 3.63) is 65.1 Å². The predicted octanol–water partition coefficient (Wildman–Crippen LogP) is 3.87. The summed E-state index contributed by atoms with van der Waals surface area (Å²) in [4.78, 5) is 14.8. The normalized spacial score (nSPS) is 22.8. The zero-order valence-corrected chi connectivity index (χ0v) is 17.2. The van der Waals surface area contributed by atoms with Gasteiger partial charge in [-0.15, -0.1) is 0 Å². The first-order chi connectivity index (χ1) is 13.4. The number of hydrogen-bond acceptors (Lipinski definition) is 6. The summed E-state index contributed by atoms with van der Waals surface area (Å²) in [5, 5.41) is 0. The fraction of sp³-hybridized carbons (Fsp3) is 0.200. The minimum Gasteiger partial charge on any atom is -0.457 e. The van der Waals surface area contributed by atoms with E-state index in [2.05, 4.69) is 0 Å². The van der Waals surface area contributed by atoms with Crippen LogP contribution in [-0.2, 0) is 14.6 Å². The molecule has 8 heteroatoms. The number of thiocarbonyl (C=S) groups is 1. The average Bonchev–Trinajstić information content (AvgIpc) is 3.14. The second-order valence-electron chi connectivity index (χ2n) is 6.60. The number of carbonyl (C=O) groups is 1. The highest BCUT2D eigenvalue weighted by molar-refractivity contribution is 8.26. The van der Waals surface area contributed by atoms with E-state index in [0.29, 0.717) is 21.4 Å². The van der Waals surface area contributed by atoms with Gasteiger partial charge in [0.1, 0.15) is 15.8 Å². The SMILES string of the molecule is O=C1/C(=C\c2cccc(Oc3ccccc3)c2)SC(=S)N1[C@H]1CCS(=O)(=O)C1. The van der Waals surface area contributed by atoms with E-state index in [1.165, 1.54) is 16.7 Å². The van der Waals surface area contributed by atoms with Gasteiger partial charge in [-0.2, -0.15) is 0 Å². The third kappa shape index (κ3) is 4.14. The highest BCUT2D eigenvalue weighted by Crippen LogP contribution is 2.36. The number of sulfone groups is 1. The monoisotopic (exact) mass is 431 g/mol. The molecule has 0 spiro atoms. The third-order valence-corrected chi connectivity index (χ3v) is 7.61. The summed E-state index contributed by atoms with van der Waals surface area (Å²) in [5.74, 6) is 1.25. The average molecular weight is 432 g/mol. The van der Waals surface area contributed by atoms with E-state index in [4.69, 9.17) is 17.0 Å². The molecule has 0 N–H and O–H groups in total. The Kier molecular flexibility index (Phi) is 5.27. The molecule has 2 saturated heterocycles. The Labute approximate surface area is 173 Å². The molecule has 144 valence electrons. The van der Waals surface area contributed by atoms with Gasteiger partial charge in [0.25, 0.3) is 5.91 Å². The van der Waals surface area contributed by atoms with Gasteiger partial charge in [-0.05, 0) is 42.3 Å². The number of hydrogen-bond donors (Lipinski definition) is 0. The molecule has 0 radical (unpaired) electrons. The van der Waals surface area contributed by atoms with Crippen molar-refractivity contribution in [3.63, 3.8) is 0 Å². The molecule has 2 aliphatic rings. The molecule has 0 unspecified atom stereocenters. The summed E-state index contributed by atoms with van der Waals surface area (Å²) >= 11 is 6.55. The Morgan fingerprint density at radius 3 is 2.57 bits per heavy atom. The van der Waals surface area contributed by atoms with Crippen molar-refractivity contribution < 1.29 is 17.9 Å². The molecule has 2 aromatic rings. The highest BCUT2D eigenvalue weighted by atomic mass is 32.2. The lowest BCUT2D eigenvalue weighted by molar-refractivity contribution is -0.123. The maximum Gasteiger partial charge on any atom is 0.266 e. The van der Waals surface area contributed by atoms with Crippen molar-refractivity contribution in [1.82, 2.24) is 4.90 Å². The molecule has 5 nitrogen and oxygen atoms in total. The topological polar surface area (TPSA) is 63.7 Å². The Hall–Kier alpha value is -2.16. The van der Waals surface area contributed by atoms with E-state index in [-0.39, 0.29) is 23.5 Å². The van der Waals surface area contributed by atoms with E-state index in [1.807, 2.05) is 54.6 Å². The standard InChI is InChI=1S/C20H17NO4S3/c22-19-18(27-20(26)21(19)15-9-10-28(23,24)13-15)12-14-5-4-8-17(11-14)25-16-6-2-1-3-7-16/h1-8,11-12,15H,9-10,13H2/b18-12+/t15-/m0/s1. The quantitative estimate of drug-likeness (QED) is 0.541. The van der Waals surface area contributed by atoms with Crippen molar-refractivity contribution in [2.75, 3.05) is 11.5 Å². The predicted molar refractivity (Wildman–Crippen MR) is 115 cm³/mol. The molecule has 0 bridgehead atoms. The maximum atomic E-state index is 12.8. The first-order valence-electron chi connectivity index (χ1n) is 8.72. The number of thioether (sulfide) groups is 1. The molecule has 2 heterocycles. The van der Waals surface area contributed by atoms with Gasteiger partial charge in [-0.3, -0.25) is 9.69 Å². The number of ether oxygens (including phenoxy) is 1. The minimum atomic E-state index is -3.09. The summed E-state index contributed by atoms with van der Waals surface area (Å²) in [7, 11) is -3.09. The van der Waals surface area contributed by atoms with Crippen molar-refractivity contribution in [2.24, 2.45) is 0 Å². The van der Waals surface area contributed by atoms with Crippen molar-refractivity contribution in [3.8, 4) is 11.5 Å². The minimum absolute atomic E-state index is 0.0207. The Morgan fingerprint density at radius 2 is 1.86 bits per heavy atom. The molecular weight excluding hydrogens is 414 g/mol. The van der Waals surface area contributed by atoms with Crippen LogP contribution in [0.2, 0.25) is 0 Å². The smallest absolute Gasteiger partial charge is 0.266 e. The number of benzene rings is 2. The van der Waals surface area contributed by atoms with E-state index in [9.17, 15) is 13.2 Å². The summed E-state index contributed by atoms with van der Waals surface area (Å²) < 4.78 is 29.8. The van der Waals surface area contributed by atoms with Crippen LogP contribution in [0.4, 0.5) is 0 Å². The molecule has 0 aromatic heterocycles. The Bertz CT molecular complexity index is 1060. The molecule has 4 rings (SSSR count). The van der Waals surface area contributed by atoms with E-state index in [1.54, 1.807) is 6.08 Å². The number of para-hydroxylation sites is 1. The third-order valence-electron chi connectivity index (χ3n) is 4.53. The van der Waals surface area contributed by atoms with Crippen LogP contribution in [0.15, 0.2) is 59.5 Å². The molecular formula is C20H17NO4S3. The van der Waals surface area contributed by atoms with Crippen LogP contribution in [0.5, 0.6) is 11.5 Å². The van der Waals surface area contributed by atoms with Gasteiger partial charge in [0.05, 0.1) is 22.5 Å². The molecule has 28 heavy (non-hydrogen) atoms. The van der Waals surface area contributed by atoms with Gasteiger partial charge in [-0.1, -0.05) is 54.3 Å². The van der Waals surface area contributed by atoms with Crippen molar-refractivity contribution in [1.29, 1.82) is 0 Å². The van der Waals surface area contributed by atoms with Crippen molar-refractivity contribution in [2.45, 2.75) is 12.5 Å². The van der Waals surface area contributed by atoms with Crippen LogP contribution in [0.25, 0.3) is 6.08 Å². The maximum absolute atomic E-state index is 12.8. The summed E-state index contributed by atoms with van der Waals surface area (Å²) in [6, 6.07) is 16.5. The Morgan fingerprint density at radius 1 is 1.11 bits per heavy atom. The number of amides is 1. The van der Waals surface area contributed by atoms with Gasteiger partial charge >= 0.3 is 0 Å². The second-order valence-corrected chi connectivity index (χ2v) is 10.5. The Balaban J connectivity index is 1.54. The number of carbonyl (C=O) groups excluding carboxylic acids is 1. The van der Waals surface area contributed by atoms with Gasteiger partial charge in [0.2, 0.25) is 0 Å². The van der Waals surface area contributed by atoms with Crippen LogP contribution in [0.1, 0.15) is 12.0 Å². The summed E-state index contributed by atoms with van der Waals surface area (Å²) in [6.07, 6.45) is 2.20. The van der Waals surface area contributed by atoms with Gasteiger partial charge in [0, 0.05) is 0 Å². The first kappa shape index (κ1) is 19.2. The summed E-state index contributed by atoms with van der Waals surface area (Å²) in [5.41, 5.74) is 0.813. The lowest BCUT2D eigenvalue weighted by atomic mass is 10.2. The van der Waals surface area contributed by atoms with E-state index < -0.39 is 9.84 Å². The van der Waals surface area contributed by atoms with Crippen LogP contribution in [-0.4, -0.2) is 41.1 Å². The number of nitrogens with zero attached hydrogens (tertiary/aromatic N) is 1. The summed E-state index contributed by atoms with van der Waals surface area (Å²) in [6.45, 7) is 0. The lowest BCUT2D eigenvalue weighted by Crippen LogP contribution is -2.39. The van der Waals surface area contributed by atoms with E-state index in [0.717, 1.165) is 11.3 Å². The molecule has 2 aromatic carbocycles. The molecule has 2 fully saturated rings.